The first kappa shape index (κ1) is 22.2. The molecule has 0 radical (unpaired) electrons. The smallest absolute Gasteiger partial charge is 0.229 e. The third kappa shape index (κ3) is 5.35. The maximum absolute atomic E-state index is 14.7. The second-order valence-electron chi connectivity index (χ2n) is 6.72. The summed E-state index contributed by atoms with van der Waals surface area (Å²) in [5.74, 6) is 5.90. The first-order valence-corrected chi connectivity index (χ1v) is 11.2. The molecule has 0 fully saturated rings. The minimum absolute atomic E-state index is 0.281. The third-order valence-electron chi connectivity index (χ3n) is 4.41. The van der Waals surface area contributed by atoms with Crippen LogP contribution >= 0.6 is 0 Å². The van der Waals surface area contributed by atoms with Gasteiger partial charge in [-0.25, -0.2) is 22.8 Å². The molecule has 1 N–H and O–H groups in total. The number of benzene rings is 1. The Morgan fingerprint density at radius 1 is 1.16 bits per heavy atom. The van der Waals surface area contributed by atoms with Gasteiger partial charge >= 0.3 is 0 Å². The lowest BCUT2D eigenvalue weighted by Crippen LogP contribution is -2.11. The molecule has 0 aliphatic rings. The van der Waals surface area contributed by atoms with Gasteiger partial charge in [0.15, 0.2) is 0 Å². The standard InChI is InChI=1S/C22H21FN4O3S/c1-5-20-18(8-6-15-10-21(14(2)24-12-15)27-31(4,28)29)22(26-13-25-20)17-9-7-16(30-3)11-19(17)23/h7,9-13,27H,5H2,1-4H3. The number of nitrogens with one attached hydrogen (secondary N) is 1. The number of anilines is 1. The molecule has 2 aromatic heterocycles. The molecular formula is C22H21FN4O3S. The highest BCUT2D eigenvalue weighted by atomic mass is 32.2. The summed E-state index contributed by atoms with van der Waals surface area (Å²) < 4.78 is 45.3. The van der Waals surface area contributed by atoms with Crippen molar-refractivity contribution in [3.63, 3.8) is 0 Å². The fourth-order valence-electron chi connectivity index (χ4n) is 2.88. The fraction of sp³-hybridized carbons (Fsp3) is 0.227. The van der Waals surface area contributed by atoms with E-state index in [1.165, 1.54) is 19.5 Å². The Bertz CT molecular complexity index is 1300. The number of hydrogen-bond donors (Lipinski definition) is 1. The van der Waals surface area contributed by atoms with Gasteiger partial charge < -0.3 is 4.74 Å². The topological polar surface area (TPSA) is 94.1 Å². The zero-order valence-electron chi connectivity index (χ0n) is 17.5. The average molecular weight is 441 g/mol. The van der Waals surface area contributed by atoms with E-state index in [0.717, 1.165) is 6.26 Å². The van der Waals surface area contributed by atoms with Gasteiger partial charge in [-0.15, -0.1) is 0 Å². The number of ether oxygens (including phenoxy) is 1. The minimum atomic E-state index is -3.46. The summed E-state index contributed by atoms with van der Waals surface area (Å²) in [5, 5.41) is 0. The van der Waals surface area contributed by atoms with E-state index < -0.39 is 15.8 Å². The van der Waals surface area contributed by atoms with Crippen LogP contribution in [0.4, 0.5) is 10.1 Å². The van der Waals surface area contributed by atoms with E-state index in [9.17, 15) is 12.8 Å². The van der Waals surface area contributed by atoms with Crippen LogP contribution < -0.4 is 9.46 Å². The molecule has 0 aliphatic heterocycles. The monoisotopic (exact) mass is 440 g/mol. The van der Waals surface area contributed by atoms with Crippen molar-refractivity contribution in [2.24, 2.45) is 0 Å². The van der Waals surface area contributed by atoms with Crippen LogP contribution in [0.25, 0.3) is 11.3 Å². The number of rotatable bonds is 5. The van der Waals surface area contributed by atoms with E-state index >= 15 is 0 Å². The van der Waals surface area contributed by atoms with Crippen molar-refractivity contribution >= 4 is 15.7 Å². The molecule has 3 aromatic rings. The zero-order valence-corrected chi connectivity index (χ0v) is 18.3. The lowest BCUT2D eigenvalue weighted by Gasteiger charge is -2.10. The van der Waals surface area contributed by atoms with E-state index in [2.05, 4.69) is 31.5 Å². The van der Waals surface area contributed by atoms with Crippen molar-refractivity contribution in [2.45, 2.75) is 20.3 Å². The van der Waals surface area contributed by atoms with Crippen molar-refractivity contribution in [1.29, 1.82) is 0 Å². The molecule has 0 spiro atoms. The normalized spacial score (nSPS) is 10.9. The highest BCUT2D eigenvalue weighted by Gasteiger charge is 2.15. The summed E-state index contributed by atoms with van der Waals surface area (Å²) in [6.07, 6.45) is 4.56. The average Bonchev–Trinajstić information content (AvgIpc) is 2.73. The van der Waals surface area contributed by atoms with E-state index in [1.54, 1.807) is 31.3 Å². The molecule has 2 heterocycles. The van der Waals surface area contributed by atoms with Crippen LogP contribution in [0.1, 0.15) is 29.4 Å². The molecule has 0 aliphatic carbocycles. The minimum Gasteiger partial charge on any atom is -0.497 e. The number of hydrogen-bond acceptors (Lipinski definition) is 6. The predicted octanol–water partition coefficient (Wildman–Crippen LogP) is 3.33. The summed E-state index contributed by atoms with van der Waals surface area (Å²) in [5.41, 5.74) is 3.17. The molecule has 0 amide bonds. The maximum Gasteiger partial charge on any atom is 0.229 e. The van der Waals surface area contributed by atoms with Gasteiger partial charge in [-0.3, -0.25) is 9.71 Å². The van der Waals surface area contributed by atoms with Gasteiger partial charge in [0.1, 0.15) is 17.9 Å². The molecule has 7 nitrogen and oxygen atoms in total. The zero-order chi connectivity index (χ0) is 22.6. The summed E-state index contributed by atoms with van der Waals surface area (Å²) in [6.45, 7) is 3.61. The Morgan fingerprint density at radius 3 is 2.58 bits per heavy atom. The maximum atomic E-state index is 14.7. The van der Waals surface area contributed by atoms with Crippen LogP contribution in [-0.4, -0.2) is 36.7 Å². The van der Waals surface area contributed by atoms with Gasteiger partial charge in [0.25, 0.3) is 0 Å². The van der Waals surface area contributed by atoms with Crippen LogP contribution in [0.5, 0.6) is 5.75 Å². The SMILES string of the molecule is CCc1ncnc(-c2ccc(OC)cc2F)c1C#Cc1cnc(C)c(NS(C)(=O)=O)c1. The molecular weight excluding hydrogens is 419 g/mol. The lowest BCUT2D eigenvalue weighted by atomic mass is 10.0. The Balaban J connectivity index is 2.10. The summed E-state index contributed by atoms with van der Waals surface area (Å²) >= 11 is 0. The van der Waals surface area contributed by atoms with Crippen molar-refractivity contribution in [3.05, 3.63) is 65.1 Å². The van der Waals surface area contributed by atoms with Gasteiger partial charge in [-0.05, 0) is 31.5 Å². The highest BCUT2D eigenvalue weighted by molar-refractivity contribution is 7.92. The Kier molecular flexibility index (Phi) is 6.51. The molecule has 0 saturated carbocycles. The number of aromatic nitrogens is 3. The van der Waals surface area contributed by atoms with Crippen LogP contribution in [0.15, 0.2) is 36.8 Å². The first-order valence-electron chi connectivity index (χ1n) is 9.36. The quantitative estimate of drug-likeness (QED) is 0.612. The number of sulfonamides is 1. The van der Waals surface area contributed by atoms with E-state index in [1.807, 2.05) is 6.92 Å². The molecule has 31 heavy (non-hydrogen) atoms. The molecule has 1 aromatic carbocycles. The number of methoxy groups -OCH3 is 1. The van der Waals surface area contributed by atoms with Gasteiger partial charge in [0, 0.05) is 23.4 Å². The van der Waals surface area contributed by atoms with Gasteiger partial charge in [-0.1, -0.05) is 18.8 Å². The van der Waals surface area contributed by atoms with Crippen molar-refractivity contribution in [3.8, 4) is 28.8 Å². The Labute approximate surface area is 180 Å². The number of nitrogens with zero attached hydrogens (tertiary/aromatic N) is 3. The highest BCUT2D eigenvalue weighted by Crippen LogP contribution is 2.28. The van der Waals surface area contributed by atoms with Crippen LogP contribution in [0, 0.1) is 24.6 Å². The van der Waals surface area contributed by atoms with Crippen molar-refractivity contribution < 1.29 is 17.5 Å². The number of halogens is 1. The third-order valence-corrected chi connectivity index (χ3v) is 5.00. The number of pyridine rings is 1. The van der Waals surface area contributed by atoms with Crippen molar-refractivity contribution in [2.75, 3.05) is 18.1 Å². The van der Waals surface area contributed by atoms with Gasteiger partial charge in [0.05, 0.1) is 41.7 Å². The fourth-order valence-corrected chi connectivity index (χ4v) is 3.49. The van der Waals surface area contributed by atoms with Gasteiger partial charge in [-0.2, -0.15) is 0 Å². The second-order valence-corrected chi connectivity index (χ2v) is 8.47. The van der Waals surface area contributed by atoms with Gasteiger partial charge in [0.2, 0.25) is 10.0 Å². The Hall–Kier alpha value is -3.51. The molecule has 0 atom stereocenters. The molecule has 3 rings (SSSR count). The molecule has 0 bridgehead atoms. The van der Waals surface area contributed by atoms with E-state index in [4.69, 9.17) is 4.74 Å². The lowest BCUT2D eigenvalue weighted by molar-refractivity contribution is 0.411. The van der Waals surface area contributed by atoms with Crippen LogP contribution in [0.3, 0.4) is 0 Å². The molecule has 160 valence electrons. The van der Waals surface area contributed by atoms with Crippen molar-refractivity contribution in [1.82, 2.24) is 15.0 Å². The largest absolute Gasteiger partial charge is 0.497 e. The summed E-state index contributed by atoms with van der Waals surface area (Å²) in [7, 11) is -1.99. The Morgan fingerprint density at radius 2 is 1.94 bits per heavy atom. The first-order chi connectivity index (χ1) is 14.7. The van der Waals surface area contributed by atoms with Crippen LogP contribution in [-0.2, 0) is 16.4 Å². The summed E-state index contributed by atoms with van der Waals surface area (Å²) in [4.78, 5) is 12.7. The predicted molar refractivity (Wildman–Crippen MR) is 117 cm³/mol. The second kappa shape index (κ2) is 9.10. The molecule has 0 saturated heterocycles. The molecule has 0 unspecified atom stereocenters. The summed E-state index contributed by atoms with van der Waals surface area (Å²) in [6, 6.07) is 6.12. The van der Waals surface area contributed by atoms with E-state index in [0.29, 0.717) is 46.1 Å². The number of aryl methyl sites for hydroxylation is 2. The van der Waals surface area contributed by atoms with Crippen LogP contribution in [0.2, 0.25) is 0 Å². The van der Waals surface area contributed by atoms with E-state index in [-0.39, 0.29) is 5.56 Å². The molecule has 9 heteroatoms.